The lowest BCUT2D eigenvalue weighted by molar-refractivity contribution is -0.139. The summed E-state index contributed by atoms with van der Waals surface area (Å²) in [5.74, 6) is -0.268. The highest BCUT2D eigenvalue weighted by molar-refractivity contribution is 6.46. The quantitative estimate of drug-likeness (QED) is 0.234. The Bertz CT molecular complexity index is 1060. The minimum absolute atomic E-state index is 0.0693. The second-order valence-electron chi connectivity index (χ2n) is 8.28. The topological polar surface area (TPSA) is 79.3 Å². The number of amides is 1. The van der Waals surface area contributed by atoms with E-state index in [1.165, 1.54) is 0 Å². The highest BCUT2D eigenvalue weighted by atomic mass is 16.5. The van der Waals surface area contributed by atoms with Gasteiger partial charge in [0.2, 0.25) is 0 Å². The molecular weight excluding hydrogens is 432 g/mol. The van der Waals surface area contributed by atoms with Crippen molar-refractivity contribution in [1.29, 1.82) is 0 Å². The van der Waals surface area contributed by atoms with Gasteiger partial charge in [0, 0.05) is 12.1 Å². The number of carbonyl (C=O) groups excluding carboxylic acids is 2. The van der Waals surface area contributed by atoms with Crippen molar-refractivity contribution in [2.75, 3.05) is 40.4 Å². The number of ketones is 1. The van der Waals surface area contributed by atoms with E-state index in [4.69, 9.17) is 9.47 Å². The third kappa shape index (κ3) is 5.66. The van der Waals surface area contributed by atoms with Crippen LogP contribution in [0.4, 0.5) is 0 Å². The maximum atomic E-state index is 13.1. The Balaban J connectivity index is 2.06. The third-order valence-electron chi connectivity index (χ3n) is 5.52. The molecule has 1 aliphatic rings. The molecule has 0 unspecified atom stereocenters. The fourth-order valence-electron chi connectivity index (χ4n) is 3.98. The lowest BCUT2D eigenvalue weighted by atomic mass is 9.95. The molecule has 1 heterocycles. The molecule has 7 nitrogen and oxygen atoms in total. The van der Waals surface area contributed by atoms with Gasteiger partial charge in [-0.15, -0.1) is 0 Å². The number of aliphatic hydroxyl groups is 1. The molecule has 1 atom stereocenters. The van der Waals surface area contributed by atoms with Crippen LogP contribution in [0, 0.1) is 0 Å². The molecular formula is C27H32N2O5. The van der Waals surface area contributed by atoms with Crippen LogP contribution in [0.2, 0.25) is 0 Å². The number of hydrogen-bond acceptors (Lipinski definition) is 6. The summed E-state index contributed by atoms with van der Waals surface area (Å²) in [5.41, 5.74) is 1.21. The van der Waals surface area contributed by atoms with E-state index >= 15 is 0 Å². The zero-order valence-corrected chi connectivity index (χ0v) is 20.0. The molecule has 2 aromatic carbocycles. The van der Waals surface area contributed by atoms with E-state index in [0.29, 0.717) is 48.8 Å². The standard InChI is InChI=1S/C27H32N2O5/c1-5-17-34-22-10-7-9-20(18-22)24-23(25(30)19-11-13-21(14-12-19)33-6-2)26(31)27(32)29(24)16-8-15-28(3)4/h5,7,9-14,18,24,30H,1,6,8,15-17H2,2-4H3/b25-23+/t24-/m0/s1. The summed E-state index contributed by atoms with van der Waals surface area (Å²) in [4.78, 5) is 29.8. The average Bonchev–Trinajstić information content (AvgIpc) is 3.08. The molecule has 0 spiro atoms. The van der Waals surface area contributed by atoms with Crippen molar-refractivity contribution in [3.8, 4) is 11.5 Å². The maximum Gasteiger partial charge on any atom is 0.295 e. The van der Waals surface area contributed by atoms with Gasteiger partial charge in [-0.1, -0.05) is 24.8 Å². The summed E-state index contributed by atoms with van der Waals surface area (Å²) in [5, 5.41) is 11.2. The number of rotatable bonds is 11. The molecule has 2 aromatic rings. The number of benzene rings is 2. The average molecular weight is 465 g/mol. The molecule has 7 heteroatoms. The Morgan fingerprint density at radius 1 is 1.12 bits per heavy atom. The second-order valence-corrected chi connectivity index (χ2v) is 8.28. The fraction of sp³-hybridized carbons (Fsp3) is 0.333. The first-order chi connectivity index (χ1) is 16.4. The molecule has 0 bridgehead atoms. The largest absolute Gasteiger partial charge is 0.507 e. The van der Waals surface area contributed by atoms with Crippen LogP contribution < -0.4 is 9.47 Å². The van der Waals surface area contributed by atoms with Gasteiger partial charge in [-0.3, -0.25) is 9.59 Å². The highest BCUT2D eigenvalue weighted by Gasteiger charge is 2.45. The van der Waals surface area contributed by atoms with Gasteiger partial charge in [-0.2, -0.15) is 0 Å². The molecule has 1 fully saturated rings. The van der Waals surface area contributed by atoms with Gasteiger partial charge in [0.05, 0.1) is 18.2 Å². The number of nitrogens with zero attached hydrogens (tertiary/aromatic N) is 2. The van der Waals surface area contributed by atoms with Crippen LogP contribution in [0.3, 0.4) is 0 Å². The van der Waals surface area contributed by atoms with Gasteiger partial charge in [0.15, 0.2) is 0 Å². The van der Waals surface area contributed by atoms with Crippen LogP contribution in [0.25, 0.3) is 5.76 Å². The van der Waals surface area contributed by atoms with Crippen LogP contribution >= 0.6 is 0 Å². The van der Waals surface area contributed by atoms with Gasteiger partial charge in [-0.05, 0) is 75.9 Å². The van der Waals surface area contributed by atoms with E-state index in [-0.39, 0.29) is 11.3 Å². The Hall–Kier alpha value is -3.58. The van der Waals surface area contributed by atoms with E-state index in [2.05, 4.69) is 6.58 Å². The number of carbonyl (C=O) groups is 2. The molecule has 3 rings (SSSR count). The molecule has 1 aliphatic heterocycles. The van der Waals surface area contributed by atoms with Crippen molar-refractivity contribution >= 4 is 17.4 Å². The van der Waals surface area contributed by atoms with Gasteiger partial charge >= 0.3 is 0 Å². The molecule has 1 N–H and O–H groups in total. The fourth-order valence-corrected chi connectivity index (χ4v) is 3.98. The molecule has 0 aliphatic carbocycles. The van der Waals surface area contributed by atoms with Gasteiger partial charge in [0.1, 0.15) is 23.9 Å². The van der Waals surface area contributed by atoms with Crippen molar-refractivity contribution in [3.63, 3.8) is 0 Å². The van der Waals surface area contributed by atoms with Crippen molar-refractivity contribution in [1.82, 2.24) is 9.80 Å². The van der Waals surface area contributed by atoms with Crippen LogP contribution in [-0.4, -0.2) is 67.0 Å². The lowest BCUT2D eigenvalue weighted by Gasteiger charge is -2.26. The summed E-state index contributed by atoms with van der Waals surface area (Å²) < 4.78 is 11.1. The van der Waals surface area contributed by atoms with E-state index < -0.39 is 17.7 Å². The molecule has 34 heavy (non-hydrogen) atoms. The first-order valence-electron chi connectivity index (χ1n) is 11.4. The van der Waals surface area contributed by atoms with Gasteiger partial charge in [0.25, 0.3) is 11.7 Å². The van der Waals surface area contributed by atoms with Crippen LogP contribution in [0.5, 0.6) is 11.5 Å². The van der Waals surface area contributed by atoms with Crippen molar-refractivity contribution in [2.45, 2.75) is 19.4 Å². The summed E-state index contributed by atoms with van der Waals surface area (Å²) >= 11 is 0. The van der Waals surface area contributed by atoms with E-state index in [1.807, 2.05) is 38.1 Å². The van der Waals surface area contributed by atoms with Gasteiger partial charge in [-0.25, -0.2) is 0 Å². The molecule has 1 saturated heterocycles. The van der Waals surface area contributed by atoms with Crippen LogP contribution in [0.15, 0.2) is 66.8 Å². The Kier molecular flexibility index (Phi) is 8.49. The predicted molar refractivity (Wildman–Crippen MR) is 132 cm³/mol. The summed E-state index contributed by atoms with van der Waals surface area (Å²) in [6, 6.07) is 13.3. The normalized spacial score (nSPS) is 17.3. The zero-order valence-electron chi connectivity index (χ0n) is 20.0. The molecule has 0 saturated carbocycles. The monoisotopic (exact) mass is 464 g/mol. The van der Waals surface area contributed by atoms with E-state index in [0.717, 1.165) is 6.54 Å². The maximum absolute atomic E-state index is 13.1. The smallest absolute Gasteiger partial charge is 0.295 e. The minimum Gasteiger partial charge on any atom is -0.507 e. The number of hydrogen-bond donors (Lipinski definition) is 1. The summed E-state index contributed by atoms with van der Waals surface area (Å²) in [6.07, 6.45) is 2.33. The highest BCUT2D eigenvalue weighted by Crippen LogP contribution is 2.40. The van der Waals surface area contributed by atoms with E-state index in [9.17, 15) is 14.7 Å². The Labute approximate surface area is 200 Å². The molecule has 0 aromatic heterocycles. The Morgan fingerprint density at radius 3 is 2.50 bits per heavy atom. The molecule has 0 radical (unpaired) electrons. The minimum atomic E-state index is -0.721. The number of ether oxygens (including phenoxy) is 2. The predicted octanol–water partition coefficient (Wildman–Crippen LogP) is 4.02. The number of aliphatic hydroxyl groups excluding tert-OH is 1. The third-order valence-corrected chi connectivity index (χ3v) is 5.52. The first-order valence-corrected chi connectivity index (χ1v) is 11.4. The van der Waals surface area contributed by atoms with Crippen LogP contribution in [0.1, 0.15) is 30.5 Å². The van der Waals surface area contributed by atoms with Crippen molar-refractivity contribution in [2.24, 2.45) is 0 Å². The number of Topliss-reactive ketones (excluding diaryl/α,β-unsaturated/α-hetero) is 1. The van der Waals surface area contributed by atoms with E-state index in [1.54, 1.807) is 47.4 Å². The van der Waals surface area contributed by atoms with Crippen LogP contribution in [-0.2, 0) is 9.59 Å². The molecule has 1 amide bonds. The first kappa shape index (κ1) is 25.1. The Morgan fingerprint density at radius 2 is 1.85 bits per heavy atom. The SMILES string of the molecule is C=CCOc1cccc([C@H]2/C(=C(\O)c3ccc(OCC)cc3)C(=O)C(=O)N2CCCN(C)C)c1. The van der Waals surface area contributed by atoms with Gasteiger partial charge < -0.3 is 24.4 Å². The summed E-state index contributed by atoms with van der Waals surface area (Å²) in [7, 11) is 3.91. The lowest BCUT2D eigenvalue weighted by Crippen LogP contribution is -2.32. The van der Waals surface area contributed by atoms with Crippen molar-refractivity contribution in [3.05, 3.63) is 77.9 Å². The zero-order chi connectivity index (χ0) is 24.7. The molecule has 180 valence electrons. The van der Waals surface area contributed by atoms with Crippen molar-refractivity contribution < 1.29 is 24.2 Å². The number of likely N-dealkylation sites (tertiary alicyclic amines) is 1. The second kappa shape index (κ2) is 11.5. The summed E-state index contributed by atoms with van der Waals surface area (Å²) in [6.45, 7) is 7.55.